The summed E-state index contributed by atoms with van der Waals surface area (Å²) in [5.74, 6) is 2.00. The zero-order chi connectivity index (χ0) is 25.8. The molecule has 0 amide bonds. The van der Waals surface area contributed by atoms with Crippen LogP contribution < -0.4 is 14.8 Å². The first kappa shape index (κ1) is 26.0. The maximum absolute atomic E-state index is 11.8. The van der Waals surface area contributed by atoms with Crippen LogP contribution in [0, 0.1) is 0 Å². The lowest BCUT2D eigenvalue weighted by Gasteiger charge is -2.30. The summed E-state index contributed by atoms with van der Waals surface area (Å²) in [5, 5.41) is 3.85. The molecule has 1 N–H and O–H groups in total. The molecule has 0 spiro atoms. The molecule has 12 heteroatoms. The third kappa shape index (κ3) is 6.64. The van der Waals surface area contributed by atoms with Gasteiger partial charge >= 0.3 is 0 Å². The number of hydrogen-bond acceptors (Lipinski definition) is 8. The molecule has 3 heterocycles. The van der Waals surface area contributed by atoms with E-state index < -0.39 is 31.3 Å². The number of fused-ring (bicyclic) bond motifs is 1. The second-order valence-electron chi connectivity index (χ2n) is 8.63. The molecule has 0 bridgehead atoms. The van der Waals surface area contributed by atoms with Gasteiger partial charge in [-0.15, -0.1) is 0 Å². The Labute approximate surface area is 231 Å². The zero-order valence-electron chi connectivity index (χ0n) is 20.0. The minimum Gasteiger partial charge on any atom is -0.490 e. The fourth-order valence-corrected chi connectivity index (χ4v) is 6.49. The molecule has 3 aromatic rings. The minimum absolute atomic E-state index is 0.0465. The summed E-state index contributed by atoms with van der Waals surface area (Å²) in [5.41, 5.74) is 3.32. The van der Waals surface area contributed by atoms with Crippen LogP contribution in [0.1, 0.15) is 24.1 Å². The molecule has 37 heavy (non-hydrogen) atoms. The predicted molar refractivity (Wildman–Crippen MR) is 153 cm³/mol. The summed E-state index contributed by atoms with van der Waals surface area (Å²) in [6.07, 6.45) is 4.21. The van der Waals surface area contributed by atoms with Gasteiger partial charge in [0.05, 0.1) is 22.7 Å². The van der Waals surface area contributed by atoms with E-state index in [9.17, 15) is 8.42 Å². The molecule has 1 saturated heterocycles. The molecule has 1 fully saturated rings. The fraction of sp³-hybridized carbons (Fsp3) is 0.280. The number of ether oxygens (including phenoxy) is 2. The summed E-state index contributed by atoms with van der Waals surface area (Å²) >= 11 is 5.77. The highest BCUT2D eigenvalue weighted by Crippen LogP contribution is 2.35. The van der Waals surface area contributed by atoms with E-state index in [0.29, 0.717) is 54.9 Å². The van der Waals surface area contributed by atoms with Crippen LogP contribution in [-0.2, 0) is 16.6 Å². The van der Waals surface area contributed by atoms with E-state index in [-0.39, 0.29) is 6.10 Å². The predicted octanol–water partition coefficient (Wildman–Crippen LogP) is 5.69. The lowest BCUT2D eigenvalue weighted by Crippen LogP contribution is -2.41. The lowest BCUT2D eigenvalue weighted by atomic mass is 10.1. The van der Waals surface area contributed by atoms with Gasteiger partial charge in [0.1, 0.15) is 51.4 Å². The van der Waals surface area contributed by atoms with Gasteiger partial charge in [-0.25, -0.2) is 15.9 Å². The molecule has 2 aliphatic rings. The highest BCUT2D eigenvalue weighted by molar-refractivity contribution is 14.1. The molecule has 2 aromatic carbocycles. The number of rotatable bonds is 7. The van der Waals surface area contributed by atoms with Gasteiger partial charge in [-0.2, -0.15) is 3.21 Å². The SMILES string of the molecule is CS(=O)(=O)N1CCC(Oc2ccc3c(c2)C(Nc2ccc(OCc4ccccn4)c(Cl)c2)=NI=N3)CC1. The Hall–Kier alpha value is -2.61. The van der Waals surface area contributed by atoms with Crippen molar-refractivity contribution in [1.82, 2.24) is 9.29 Å². The first-order chi connectivity index (χ1) is 17.8. The minimum atomic E-state index is -3.17. The van der Waals surface area contributed by atoms with Gasteiger partial charge in [0, 0.05) is 30.5 Å². The van der Waals surface area contributed by atoms with Crippen molar-refractivity contribution in [1.29, 1.82) is 0 Å². The smallest absolute Gasteiger partial charge is 0.211 e. The van der Waals surface area contributed by atoms with Crippen LogP contribution in [-0.4, -0.2) is 49.0 Å². The Morgan fingerprint density at radius 3 is 2.70 bits per heavy atom. The van der Waals surface area contributed by atoms with E-state index in [1.165, 1.54) is 10.6 Å². The Kier molecular flexibility index (Phi) is 8.03. The molecule has 0 aliphatic carbocycles. The fourth-order valence-electron chi connectivity index (χ4n) is 4.02. The second kappa shape index (κ2) is 11.4. The molecule has 0 atom stereocenters. The number of pyridine rings is 1. The van der Waals surface area contributed by atoms with E-state index in [0.717, 1.165) is 22.6 Å². The van der Waals surface area contributed by atoms with Gasteiger partial charge in [-0.05, 0) is 61.4 Å². The highest BCUT2D eigenvalue weighted by Gasteiger charge is 2.26. The van der Waals surface area contributed by atoms with E-state index in [1.54, 1.807) is 12.3 Å². The zero-order valence-corrected chi connectivity index (χ0v) is 23.7. The van der Waals surface area contributed by atoms with Crippen molar-refractivity contribution in [2.24, 2.45) is 6.35 Å². The second-order valence-corrected chi connectivity index (χ2v) is 12.4. The van der Waals surface area contributed by atoms with Gasteiger partial charge in [-0.3, -0.25) is 4.98 Å². The molecule has 2 aliphatic heterocycles. The number of sulfonamides is 1. The first-order valence-corrected chi connectivity index (χ1v) is 15.8. The van der Waals surface area contributed by atoms with Crippen molar-refractivity contribution in [2.75, 3.05) is 24.7 Å². The van der Waals surface area contributed by atoms with Crippen molar-refractivity contribution in [3.8, 4) is 11.5 Å². The van der Waals surface area contributed by atoms with Crippen molar-refractivity contribution >= 4 is 60.1 Å². The van der Waals surface area contributed by atoms with E-state index in [1.807, 2.05) is 48.5 Å². The quantitative estimate of drug-likeness (QED) is 0.329. The monoisotopic (exact) mass is 653 g/mol. The Morgan fingerprint density at radius 2 is 1.97 bits per heavy atom. The summed E-state index contributed by atoms with van der Waals surface area (Å²) < 4.78 is 46.3. The molecule has 0 saturated carbocycles. The molecular weight excluding hydrogens is 629 g/mol. The first-order valence-electron chi connectivity index (χ1n) is 11.6. The van der Waals surface area contributed by atoms with Crippen LogP contribution in [0.2, 0.25) is 5.02 Å². The molecular formula is C25H25ClIN5O4S. The molecule has 0 radical (unpaired) electrons. The summed E-state index contributed by atoms with van der Waals surface area (Å²) in [6, 6.07) is 17.0. The Bertz CT molecular complexity index is 1440. The number of hydrogen-bond donors (Lipinski definition) is 1. The maximum atomic E-state index is 11.8. The van der Waals surface area contributed by atoms with E-state index >= 15 is 0 Å². The largest absolute Gasteiger partial charge is 0.490 e. The van der Waals surface area contributed by atoms with Crippen molar-refractivity contribution in [3.63, 3.8) is 0 Å². The number of nitrogens with one attached hydrogen (secondary N) is 1. The van der Waals surface area contributed by atoms with E-state index in [4.69, 9.17) is 21.1 Å². The van der Waals surface area contributed by atoms with Gasteiger partial charge in [-0.1, -0.05) is 17.7 Å². The summed E-state index contributed by atoms with van der Waals surface area (Å²) in [6.45, 7) is 1.25. The Morgan fingerprint density at radius 1 is 1.14 bits per heavy atom. The topological polar surface area (TPSA) is 105 Å². The number of halogens is 2. The number of nitrogens with zero attached hydrogens (tertiary/aromatic N) is 4. The van der Waals surface area contributed by atoms with Crippen LogP contribution >= 0.6 is 32.9 Å². The third-order valence-corrected chi connectivity index (χ3v) is 8.98. The van der Waals surface area contributed by atoms with Crippen LogP contribution in [0.25, 0.3) is 0 Å². The number of anilines is 1. The number of piperidine rings is 1. The summed E-state index contributed by atoms with van der Waals surface area (Å²) in [7, 11) is -3.17. The van der Waals surface area contributed by atoms with E-state index in [2.05, 4.69) is 16.7 Å². The number of benzene rings is 2. The van der Waals surface area contributed by atoms with Crippen LogP contribution in [0.4, 0.5) is 11.4 Å². The van der Waals surface area contributed by atoms with Gasteiger partial charge in [0.25, 0.3) is 0 Å². The summed E-state index contributed by atoms with van der Waals surface area (Å²) in [4.78, 5) is 4.26. The molecule has 1 aromatic heterocycles. The lowest BCUT2D eigenvalue weighted by molar-refractivity contribution is 0.135. The number of aromatic nitrogens is 1. The molecule has 5 rings (SSSR count). The van der Waals surface area contributed by atoms with Gasteiger partial charge in [0.2, 0.25) is 10.0 Å². The molecule has 0 unspecified atom stereocenters. The normalized spacial score (nSPS) is 16.3. The Balaban J connectivity index is 1.25. The standard InChI is InChI=1S/C25H25ClIN5O4S/c1-37(33,34)32-12-9-19(10-13-32)36-20-6-7-23-21(15-20)25(31-27-30-23)29-17-5-8-24(22(26)14-17)35-16-18-4-2-3-11-28-18/h2-8,11,14-15,19H,9-10,12-13,16H2,1H3,(H,29,30,31). The van der Waals surface area contributed by atoms with Crippen LogP contribution in [0.5, 0.6) is 11.5 Å². The molecule has 9 nitrogen and oxygen atoms in total. The number of amidine groups is 1. The highest BCUT2D eigenvalue weighted by atomic mass is 127. The van der Waals surface area contributed by atoms with Crippen molar-refractivity contribution < 1.29 is 17.9 Å². The maximum Gasteiger partial charge on any atom is 0.211 e. The molecule has 194 valence electrons. The van der Waals surface area contributed by atoms with Gasteiger partial charge < -0.3 is 14.8 Å². The van der Waals surface area contributed by atoms with Crippen LogP contribution in [0.3, 0.4) is 0 Å². The average molecular weight is 654 g/mol. The average Bonchev–Trinajstić information content (AvgIpc) is 2.89. The van der Waals surface area contributed by atoms with Crippen LogP contribution in [0.15, 0.2) is 67.1 Å². The van der Waals surface area contributed by atoms with Crippen molar-refractivity contribution in [2.45, 2.75) is 25.6 Å². The third-order valence-electron chi connectivity index (χ3n) is 5.94. The van der Waals surface area contributed by atoms with Gasteiger partial charge in [0.15, 0.2) is 0 Å². The van der Waals surface area contributed by atoms with Crippen molar-refractivity contribution in [3.05, 3.63) is 77.1 Å².